The van der Waals surface area contributed by atoms with Crippen LogP contribution in [0, 0.1) is 11.6 Å². The highest BCUT2D eigenvalue weighted by molar-refractivity contribution is 6.30. The van der Waals surface area contributed by atoms with Gasteiger partial charge >= 0.3 is 0 Å². The Hall–Kier alpha value is -2.47. The summed E-state index contributed by atoms with van der Waals surface area (Å²) in [6.07, 6.45) is 0. The molecule has 2 aromatic carbocycles. The molecule has 0 aliphatic heterocycles. The van der Waals surface area contributed by atoms with Crippen LogP contribution in [-0.4, -0.2) is 28.6 Å². The van der Waals surface area contributed by atoms with Crippen molar-refractivity contribution in [1.82, 2.24) is 4.90 Å². The maximum atomic E-state index is 13.8. The minimum absolute atomic E-state index is 0.00436. The molecule has 25 heavy (non-hydrogen) atoms. The van der Waals surface area contributed by atoms with Gasteiger partial charge < -0.3 is 10.2 Å². The molecule has 0 radical (unpaired) electrons. The average molecular weight is 367 g/mol. The van der Waals surface area contributed by atoms with Crippen molar-refractivity contribution in [2.24, 2.45) is 0 Å². The number of hydrogen-bond acceptors (Lipinski definition) is 2. The van der Waals surface area contributed by atoms with E-state index in [0.29, 0.717) is 0 Å². The van der Waals surface area contributed by atoms with Crippen molar-refractivity contribution in [2.75, 3.05) is 11.9 Å². The molecule has 0 aliphatic carbocycles. The molecule has 0 aliphatic rings. The topological polar surface area (TPSA) is 49.4 Å². The van der Waals surface area contributed by atoms with Gasteiger partial charge in [-0.15, -0.1) is 11.6 Å². The maximum Gasteiger partial charge on any atom is 0.244 e. The minimum atomic E-state index is -0.881. The van der Waals surface area contributed by atoms with Gasteiger partial charge in [-0.2, -0.15) is 0 Å². The van der Waals surface area contributed by atoms with Gasteiger partial charge in [-0.1, -0.05) is 30.3 Å². The summed E-state index contributed by atoms with van der Waals surface area (Å²) < 4.78 is 27.4. The summed E-state index contributed by atoms with van der Waals surface area (Å²) in [7, 11) is 0. The fourth-order valence-corrected chi connectivity index (χ4v) is 2.36. The highest BCUT2D eigenvalue weighted by atomic mass is 35.5. The Bertz CT molecular complexity index is 768. The van der Waals surface area contributed by atoms with Crippen molar-refractivity contribution in [3.05, 3.63) is 65.7 Å². The van der Waals surface area contributed by atoms with Gasteiger partial charge in [0.05, 0.1) is 5.69 Å². The molecule has 0 spiro atoms. The minimum Gasteiger partial charge on any atom is -0.328 e. The van der Waals surface area contributed by atoms with Crippen LogP contribution in [0.1, 0.15) is 12.5 Å². The molecule has 1 atom stereocenters. The van der Waals surface area contributed by atoms with E-state index in [0.717, 1.165) is 4.90 Å². The molecule has 0 bridgehead atoms. The number of nitrogens with zero attached hydrogens (tertiary/aromatic N) is 1. The summed E-state index contributed by atoms with van der Waals surface area (Å²) in [6, 6.07) is 11.6. The lowest BCUT2D eigenvalue weighted by Gasteiger charge is -2.23. The lowest BCUT2D eigenvalue weighted by atomic mass is 10.2. The quantitative estimate of drug-likeness (QED) is 0.795. The summed E-state index contributed by atoms with van der Waals surface area (Å²) in [4.78, 5) is 25.5. The molecule has 7 heteroatoms. The number of halogens is 3. The molecule has 4 nitrogen and oxygen atoms in total. The Balaban J connectivity index is 2.13. The zero-order valence-electron chi connectivity index (χ0n) is 13.5. The summed E-state index contributed by atoms with van der Waals surface area (Å²) in [5, 5.41) is 1.51. The molecule has 2 amide bonds. The van der Waals surface area contributed by atoms with Crippen molar-refractivity contribution in [2.45, 2.75) is 18.8 Å². The smallest absolute Gasteiger partial charge is 0.244 e. The van der Waals surface area contributed by atoms with Crippen molar-refractivity contribution in [3.8, 4) is 0 Å². The standard InChI is InChI=1S/C18H17ClF2N2O2/c1-12(19)18(25)23(10-13-6-2-3-7-14(13)20)11-17(24)22-16-9-5-4-8-15(16)21/h2-9,12H,10-11H2,1H3,(H,22,24). The van der Waals surface area contributed by atoms with E-state index in [4.69, 9.17) is 11.6 Å². The van der Waals surface area contributed by atoms with E-state index in [9.17, 15) is 18.4 Å². The molecule has 0 heterocycles. The number of amides is 2. The number of carbonyl (C=O) groups is 2. The van der Waals surface area contributed by atoms with Crippen molar-refractivity contribution in [1.29, 1.82) is 0 Å². The van der Waals surface area contributed by atoms with Crippen LogP contribution >= 0.6 is 11.6 Å². The lowest BCUT2D eigenvalue weighted by Crippen LogP contribution is -2.41. The van der Waals surface area contributed by atoms with Crippen LogP contribution in [0.3, 0.4) is 0 Å². The van der Waals surface area contributed by atoms with E-state index in [1.54, 1.807) is 12.1 Å². The number of nitrogens with one attached hydrogen (secondary N) is 1. The molecule has 1 N–H and O–H groups in total. The molecule has 0 saturated carbocycles. The molecule has 1 unspecified atom stereocenters. The number of hydrogen-bond donors (Lipinski definition) is 1. The normalized spacial score (nSPS) is 11.7. The molecule has 0 aromatic heterocycles. The van der Waals surface area contributed by atoms with Gasteiger partial charge in [0.2, 0.25) is 11.8 Å². The van der Waals surface area contributed by atoms with Gasteiger partial charge in [-0.05, 0) is 25.1 Å². The van der Waals surface area contributed by atoms with Crippen molar-refractivity contribution < 1.29 is 18.4 Å². The Labute approximate surface area is 149 Å². The molecular formula is C18H17ClF2N2O2. The van der Waals surface area contributed by atoms with Gasteiger partial charge in [-0.25, -0.2) is 8.78 Å². The van der Waals surface area contributed by atoms with Gasteiger partial charge in [0.15, 0.2) is 0 Å². The van der Waals surface area contributed by atoms with Gasteiger partial charge in [0, 0.05) is 12.1 Å². The van der Waals surface area contributed by atoms with E-state index >= 15 is 0 Å². The summed E-state index contributed by atoms with van der Waals surface area (Å²) in [5.74, 6) is -2.20. The van der Waals surface area contributed by atoms with Gasteiger partial charge in [-0.3, -0.25) is 9.59 Å². The molecule has 0 fully saturated rings. The molecule has 2 aromatic rings. The maximum absolute atomic E-state index is 13.8. The van der Waals surface area contributed by atoms with E-state index in [2.05, 4.69) is 5.32 Å². The first-order chi connectivity index (χ1) is 11.9. The van der Waals surface area contributed by atoms with Crippen LogP contribution in [0.4, 0.5) is 14.5 Å². The fourth-order valence-electron chi connectivity index (χ4n) is 2.22. The predicted octanol–water partition coefficient (Wildman–Crippen LogP) is 3.56. The summed E-state index contributed by atoms with van der Waals surface area (Å²) in [6.45, 7) is 0.971. The van der Waals surface area contributed by atoms with Crippen molar-refractivity contribution in [3.63, 3.8) is 0 Å². The molecule has 132 valence electrons. The Morgan fingerprint density at radius 2 is 1.68 bits per heavy atom. The third-order valence-corrected chi connectivity index (χ3v) is 3.64. The largest absolute Gasteiger partial charge is 0.328 e. The Kier molecular flexibility index (Phi) is 6.47. The number of benzene rings is 2. The number of anilines is 1. The highest BCUT2D eigenvalue weighted by Gasteiger charge is 2.22. The number of alkyl halides is 1. The van der Waals surface area contributed by atoms with Crippen LogP contribution < -0.4 is 5.32 Å². The third kappa shape index (κ3) is 5.26. The van der Waals surface area contributed by atoms with Crippen molar-refractivity contribution >= 4 is 29.1 Å². The summed E-state index contributed by atoms with van der Waals surface area (Å²) >= 11 is 5.82. The second-order valence-electron chi connectivity index (χ2n) is 5.43. The van der Waals surface area contributed by atoms with Gasteiger partial charge in [0.25, 0.3) is 0 Å². The van der Waals surface area contributed by atoms with Crippen LogP contribution in [0.2, 0.25) is 0 Å². The second kappa shape index (κ2) is 8.58. The van der Waals surface area contributed by atoms with E-state index in [1.807, 2.05) is 0 Å². The first kappa shape index (κ1) is 18.9. The monoisotopic (exact) mass is 366 g/mol. The first-order valence-electron chi connectivity index (χ1n) is 7.59. The second-order valence-corrected chi connectivity index (χ2v) is 6.08. The first-order valence-corrected chi connectivity index (χ1v) is 8.02. The molecular weight excluding hydrogens is 350 g/mol. The molecule has 2 rings (SSSR count). The van der Waals surface area contributed by atoms with E-state index in [-0.39, 0.29) is 24.3 Å². The Morgan fingerprint density at radius 1 is 1.08 bits per heavy atom. The predicted molar refractivity (Wildman–Crippen MR) is 92.2 cm³/mol. The van der Waals surface area contributed by atoms with E-state index in [1.165, 1.54) is 43.3 Å². The highest BCUT2D eigenvalue weighted by Crippen LogP contribution is 2.15. The third-order valence-electron chi connectivity index (χ3n) is 3.45. The number of para-hydroxylation sites is 1. The Morgan fingerprint density at radius 3 is 2.28 bits per heavy atom. The zero-order valence-corrected chi connectivity index (χ0v) is 14.3. The molecule has 0 saturated heterocycles. The summed E-state index contributed by atoms with van der Waals surface area (Å²) in [5.41, 5.74) is 0.261. The fraction of sp³-hybridized carbons (Fsp3) is 0.222. The van der Waals surface area contributed by atoms with E-state index < -0.39 is 28.8 Å². The average Bonchev–Trinajstić information content (AvgIpc) is 2.57. The van der Waals surface area contributed by atoms with Crippen LogP contribution in [0.15, 0.2) is 48.5 Å². The van der Waals surface area contributed by atoms with Crippen LogP contribution in [0.5, 0.6) is 0 Å². The lowest BCUT2D eigenvalue weighted by molar-refractivity contribution is -0.134. The van der Waals surface area contributed by atoms with Gasteiger partial charge in [0.1, 0.15) is 23.6 Å². The number of carbonyl (C=O) groups excluding carboxylic acids is 2. The zero-order chi connectivity index (χ0) is 18.4. The van der Waals surface area contributed by atoms with Crippen LogP contribution in [-0.2, 0) is 16.1 Å². The number of rotatable bonds is 6. The van der Waals surface area contributed by atoms with Crippen LogP contribution in [0.25, 0.3) is 0 Å². The SMILES string of the molecule is CC(Cl)C(=O)N(CC(=O)Nc1ccccc1F)Cc1ccccc1F.